The van der Waals surface area contributed by atoms with E-state index in [4.69, 9.17) is 27.0 Å². The highest BCUT2D eigenvalue weighted by Gasteiger charge is 2.11. The molecule has 0 spiro atoms. The zero-order valence-electron chi connectivity index (χ0n) is 8.50. The summed E-state index contributed by atoms with van der Waals surface area (Å²) in [6.45, 7) is 0. The molecule has 0 radical (unpaired) electrons. The van der Waals surface area contributed by atoms with Crippen molar-refractivity contribution in [2.24, 2.45) is 10.9 Å². The molecule has 17 heavy (non-hydrogen) atoms. The van der Waals surface area contributed by atoms with Crippen LogP contribution in [0.2, 0.25) is 5.02 Å². The average Bonchev–Trinajstić information content (AvgIpc) is 2.83. The molecule has 2 rings (SSSR count). The molecule has 0 saturated heterocycles. The minimum Gasteiger partial charge on any atom is -0.440 e. The Hall–Kier alpha value is -1.66. The molecule has 88 valence electrons. The number of oxime groups is 1. The third-order valence-corrected chi connectivity index (χ3v) is 3.12. The van der Waals surface area contributed by atoms with Gasteiger partial charge in [0.05, 0.1) is 6.20 Å². The number of hydrogen-bond donors (Lipinski definition) is 2. The number of hydrogen-bond acceptors (Lipinski definition) is 5. The van der Waals surface area contributed by atoms with E-state index in [9.17, 15) is 0 Å². The topological polar surface area (TPSA) is 84.6 Å². The van der Waals surface area contributed by atoms with Gasteiger partial charge in [-0.15, -0.1) is 0 Å². The van der Waals surface area contributed by atoms with Crippen molar-refractivity contribution in [1.82, 2.24) is 4.98 Å². The zero-order chi connectivity index (χ0) is 12.3. The molecular formula is C10H8ClN3O2S. The summed E-state index contributed by atoms with van der Waals surface area (Å²) >= 11 is 7.12. The van der Waals surface area contributed by atoms with Gasteiger partial charge in [-0.1, -0.05) is 16.8 Å². The Bertz CT molecular complexity index is 542. The summed E-state index contributed by atoms with van der Waals surface area (Å²) in [5.74, 6) is -0.0124. The van der Waals surface area contributed by atoms with Crippen LogP contribution in [0, 0.1) is 0 Å². The van der Waals surface area contributed by atoms with Crippen LogP contribution in [-0.4, -0.2) is 16.0 Å². The van der Waals surface area contributed by atoms with E-state index in [1.807, 2.05) is 0 Å². The van der Waals surface area contributed by atoms with E-state index in [1.165, 1.54) is 18.0 Å². The standard InChI is InChI=1S/C10H8ClN3O2S/c11-6-1-2-8(7(5-6)9(12)14-15)17-10-13-3-4-16-10/h1-5,15H,(H2,12,14). The number of amidine groups is 1. The van der Waals surface area contributed by atoms with E-state index in [-0.39, 0.29) is 5.84 Å². The second-order valence-electron chi connectivity index (χ2n) is 3.03. The lowest BCUT2D eigenvalue weighted by Gasteiger charge is -2.06. The molecule has 0 aliphatic rings. The van der Waals surface area contributed by atoms with Crippen LogP contribution < -0.4 is 5.73 Å². The van der Waals surface area contributed by atoms with Gasteiger partial charge in [-0.3, -0.25) is 0 Å². The molecule has 2 aromatic rings. The van der Waals surface area contributed by atoms with Gasteiger partial charge in [-0.25, -0.2) is 4.98 Å². The molecule has 0 amide bonds. The summed E-state index contributed by atoms with van der Waals surface area (Å²) in [7, 11) is 0. The smallest absolute Gasteiger partial charge is 0.260 e. The number of aromatic nitrogens is 1. The Morgan fingerprint density at radius 3 is 3.00 bits per heavy atom. The predicted octanol–water partition coefficient (Wildman–Crippen LogP) is 2.57. The quantitative estimate of drug-likeness (QED) is 0.387. The Labute approximate surface area is 106 Å². The van der Waals surface area contributed by atoms with Gasteiger partial charge in [0, 0.05) is 15.5 Å². The Kier molecular flexibility index (Phi) is 3.55. The fourth-order valence-electron chi connectivity index (χ4n) is 1.20. The van der Waals surface area contributed by atoms with Crippen LogP contribution in [0.15, 0.2) is 50.4 Å². The SMILES string of the molecule is N/C(=N/O)c1cc(Cl)ccc1Sc1ncco1. The van der Waals surface area contributed by atoms with Gasteiger partial charge in [0.25, 0.3) is 5.22 Å². The minimum absolute atomic E-state index is 0.0124. The highest BCUT2D eigenvalue weighted by Crippen LogP contribution is 2.30. The van der Waals surface area contributed by atoms with Gasteiger partial charge >= 0.3 is 0 Å². The van der Waals surface area contributed by atoms with Crippen LogP contribution in [-0.2, 0) is 0 Å². The first-order valence-electron chi connectivity index (χ1n) is 4.55. The zero-order valence-corrected chi connectivity index (χ0v) is 10.1. The number of oxazole rings is 1. The van der Waals surface area contributed by atoms with E-state index in [1.54, 1.807) is 24.4 Å². The fraction of sp³-hybridized carbons (Fsp3) is 0. The second kappa shape index (κ2) is 5.11. The monoisotopic (exact) mass is 269 g/mol. The molecule has 1 aromatic heterocycles. The summed E-state index contributed by atoms with van der Waals surface area (Å²) in [6.07, 6.45) is 3.02. The highest BCUT2D eigenvalue weighted by molar-refractivity contribution is 7.99. The summed E-state index contributed by atoms with van der Waals surface area (Å²) in [5.41, 5.74) is 6.10. The Morgan fingerprint density at radius 1 is 1.53 bits per heavy atom. The summed E-state index contributed by atoms with van der Waals surface area (Å²) in [5, 5.41) is 12.6. The van der Waals surface area contributed by atoms with Gasteiger partial charge in [0.1, 0.15) is 6.26 Å². The van der Waals surface area contributed by atoms with Crippen LogP contribution in [0.25, 0.3) is 0 Å². The normalized spacial score (nSPS) is 11.7. The van der Waals surface area contributed by atoms with Crippen LogP contribution in [0.4, 0.5) is 0 Å². The number of halogens is 1. The molecule has 0 aliphatic carbocycles. The van der Waals surface area contributed by atoms with E-state index in [0.29, 0.717) is 15.8 Å². The number of benzene rings is 1. The fourth-order valence-corrected chi connectivity index (χ4v) is 2.19. The average molecular weight is 270 g/mol. The van der Waals surface area contributed by atoms with Crippen LogP contribution >= 0.6 is 23.4 Å². The van der Waals surface area contributed by atoms with E-state index < -0.39 is 0 Å². The van der Waals surface area contributed by atoms with Gasteiger partial charge in [-0.2, -0.15) is 0 Å². The molecule has 7 heteroatoms. The Morgan fingerprint density at radius 2 is 2.35 bits per heavy atom. The van der Waals surface area contributed by atoms with Crippen molar-refractivity contribution in [1.29, 1.82) is 0 Å². The Balaban J connectivity index is 2.39. The first kappa shape index (κ1) is 11.8. The van der Waals surface area contributed by atoms with Crippen molar-refractivity contribution in [3.05, 3.63) is 41.2 Å². The first-order valence-corrected chi connectivity index (χ1v) is 5.75. The maximum Gasteiger partial charge on any atom is 0.260 e. The summed E-state index contributed by atoms with van der Waals surface area (Å²) in [4.78, 5) is 4.72. The molecule has 0 fully saturated rings. The molecule has 0 atom stereocenters. The van der Waals surface area contributed by atoms with Gasteiger partial charge in [0.2, 0.25) is 0 Å². The van der Waals surface area contributed by atoms with Gasteiger partial charge in [-0.05, 0) is 30.0 Å². The van der Waals surface area contributed by atoms with Crippen LogP contribution in [0.1, 0.15) is 5.56 Å². The maximum absolute atomic E-state index is 8.70. The molecule has 5 nitrogen and oxygen atoms in total. The van der Waals surface area contributed by atoms with Crippen molar-refractivity contribution in [2.75, 3.05) is 0 Å². The lowest BCUT2D eigenvalue weighted by molar-refractivity contribution is 0.318. The number of rotatable bonds is 3. The summed E-state index contributed by atoms with van der Waals surface area (Å²) < 4.78 is 5.11. The third kappa shape index (κ3) is 2.72. The maximum atomic E-state index is 8.70. The largest absolute Gasteiger partial charge is 0.440 e. The highest BCUT2D eigenvalue weighted by atomic mass is 35.5. The van der Waals surface area contributed by atoms with Crippen molar-refractivity contribution < 1.29 is 9.62 Å². The summed E-state index contributed by atoms with van der Waals surface area (Å²) in [6, 6.07) is 5.08. The molecule has 0 bridgehead atoms. The van der Waals surface area contributed by atoms with Crippen LogP contribution in [0.5, 0.6) is 0 Å². The molecule has 1 aromatic carbocycles. The van der Waals surface area contributed by atoms with E-state index in [2.05, 4.69) is 10.1 Å². The van der Waals surface area contributed by atoms with Gasteiger partial charge in [0.15, 0.2) is 5.84 Å². The lowest BCUT2D eigenvalue weighted by atomic mass is 10.2. The molecule has 0 aliphatic heterocycles. The predicted molar refractivity (Wildman–Crippen MR) is 64.6 cm³/mol. The van der Waals surface area contributed by atoms with Crippen molar-refractivity contribution in [3.8, 4) is 0 Å². The van der Waals surface area contributed by atoms with Crippen molar-refractivity contribution in [3.63, 3.8) is 0 Å². The first-order chi connectivity index (χ1) is 8.20. The third-order valence-electron chi connectivity index (χ3n) is 1.93. The van der Waals surface area contributed by atoms with E-state index in [0.717, 1.165) is 4.90 Å². The van der Waals surface area contributed by atoms with Crippen LogP contribution in [0.3, 0.4) is 0 Å². The second-order valence-corrected chi connectivity index (χ2v) is 4.46. The molecule has 1 heterocycles. The molecular weight excluding hydrogens is 262 g/mol. The molecule has 0 saturated carbocycles. The van der Waals surface area contributed by atoms with Crippen molar-refractivity contribution in [2.45, 2.75) is 10.1 Å². The molecule has 3 N–H and O–H groups in total. The number of nitrogens with two attached hydrogens (primary N) is 1. The van der Waals surface area contributed by atoms with Gasteiger partial charge < -0.3 is 15.4 Å². The van der Waals surface area contributed by atoms with Crippen molar-refractivity contribution >= 4 is 29.2 Å². The number of nitrogens with zero attached hydrogens (tertiary/aromatic N) is 2. The van der Waals surface area contributed by atoms with E-state index >= 15 is 0 Å². The molecule has 0 unspecified atom stereocenters. The lowest BCUT2D eigenvalue weighted by Crippen LogP contribution is -2.14. The minimum atomic E-state index is -0.0124.